The number of hydrogen-bond donors (Lipinski definition) is 0. The summed E-state index contributed by atoms with van der Waals surface area (Å²) in [7, 11) is 2.08. The highest BCUT2D eigenvalue weighted by atomic mass is 32.3. The highest BCUT2D eigenvalue weighted by Crippen LogP contribution is 2.53. The lowest BCUT2D eigenvalue weighted by atomic mass is 10.1. The van der Waals surface area contributed by atoms with E-state index in [1.54, 1.807) is 38.9 Å². The molecule has 4 aromatic rings. The van der Waals surface area contributed by atoms with E-state index in [9.17, 15) is 5.26 Å². The molecule has 9 heteroatoms. The molecule has 2 aromatic carbocycles. The number of aromatic nitrogens is 3. The Labute approximate surface area is 238 Å². The molecule has 0 saturated heterocycles. The summed E-state index contributed by atoms with van der Waals surface area (Å²) < 4.78 is 17.6. The van der Waals surface area contributed by atoms with Crippen molar-refractivity contribution < 1.29 is 13.7 Å². The number of nitrogens with zero attached hydrogens (tertiary/aromatic N) is 5. The maximum atomic E-state index is 9.54. The second kappa shape index (κ2) is 12.1. The molecular formula is C31H37N5O3S. The number of ether oxygens (including phenoxy) is 2. The number of hydrogen-bond acceptors (Lipinski definition) is 8. The molecule has 0 atom stereocenters. The fourth-order valence-electron chi connectivity index (χ4n) is 4.03. The molecule has 0 aliphatic heterocycles. The summed E-state index contributed by atoms with van der Waals surface area (Å²) in [6.07, 6.45) is 10.1. The molecule has 2 heterocycles. The van der Waals surface area contributed by atoms with Crippen LogP contribution in [-0.2, 0) is 4.18 Å². The van der Waals surface area contributed by atoms with E-state index >= 15 is 0 Å². The van der Waals surface area contributed by atoms with Gasteiger partial charge in [0.1, 0.15) is 17.6 Å². The van der Waals surface area contributed by atoms with Crippen LogP contribution in [0, 0.1) is 11.3 Å². The van der Waals surface area contributed by atoms with E-state index < -0.39 is 10.3 Å². The monoisotopic (exact) mass is 559 g/mol. The van der Waals surface area contributed by atoms with Gasteiger partial charge in [0.05, 0.1) is 49.3 Å². The molecule has 0 amide bonds. The molecule has 0 spiro atoms. The lowest BCUT2D eigenvalue weighted by Gasteiger charge is -2.43. The summed E-state index contributed by atoms with van der Waals surface area (Å²) in [6, 6.07) is 15.9. The second-order valence-electron chi connectivity index (χ2n) is 10.7. The molecule has 0 N–H and O–H groups in total. The minimum Gasteiger partial charge on any atom is -0.497 e. The maximum absolute atomic E-state index is 9.54. The van der Waals surface area contributed by atoms with Crippen molar-refractivity contribution in [3.63, 3.8) is 0 Å². The highest BCUT2D eigenvalue weighted by Gasteiger charge is 2.28. The first-order valence-electron chi connectivity index (χ1n) is 13.1. The number of anilines is 2. The average Bonchev–Trinajstić information content (AvgIpc) is 2.95. The zero-order valence-electron chi connectivity index (χ0n) is 24.3. The number of nitriles is 1. The zero-order valence-corrected chi connectivity index (χ0v) is 25.1. The van der Waals surface area contributed by atoms with Crippen molar-refractivity contribution in [2.45, 2.75) is 31.9 Å². The Balaban J connectivity index is 1.71. The lowest BCUT2D eigenvalue weighted by molar-refractivity contribution is 0.344. The molecule has 4 rings (SSSR count). The van der Waals surface area contributed by atoms with Crippen LogP contribution in [0.3, 0.4) is 0 Å². The quantitative estimate of drug-likeness (QED) is 0.194. The largest absolute Gasteiger partial charge is 0.497 e. The van der Waals surface area contributed by atoms with Gasteiger partial charge in [-0.1, -0.05) is 20.8 Å². The third-order valence-electron chi connectivity index (χ3n) is 7.08. The van der Waals surface area contributed by atoms with Crippen molar-refractivity contribution in [3.05, 3.63) is 66.6 Å². The molecule has 8 nitrogen and oxygen atoms in total. The van der Waals surface area contributed by atoms with Crippen LogP contribution in [0.1, 0.15) is 32.8 Å². The summed E-state index contributed by atoms with van der Waals surface area (Å²) >= 11 is 0. The Morgan fingerprint density at radius 1 is 0.925 bits per heavy atom. The molecule has 0 fully saturated rings. The zero-order chi connectivity index (χ0) is 28.9. The summed E-state index contributed by atoms with van der Waals surface area (Å²) in [6.45, 7) is 8.04. The van der Waals surface area contributed by atoms with E-state index in [1.165, 1.54) is 0 Å². The summed E-state index contributed by atoms with van der Waals surface area (Å²) in [4.78, 5) is 15.8. The number of pyridine rings is 1. The van der Waals surface area contributed by atoms with Crippen molar-refractivity contribution in [3.8, 4) is 28.8 Å². The van der Waals surface area contributed by atoms with Crippen LogP contribution in [-0.4, -0.2) is 59.6 Å². The van der Waals surface area contributed by atoms with Crippen molar-refractivity contribution in [1.82, 2.24) is 15.0 Å². The van der Waals surface area contributed by atoms with E-state index in [0.29, 0.717) is 41.5 Å². The van der Waals surface area contributed by atoms with Gasteiger partial charge >= 0.3 is 0 Å². The molecule has 0 bridgehead atoms. The predicted octanol–water partition coefficient (Wildman–Crippen LogP) is 6.90. The maximum Gasteiger partial charge on any atom is 0.124 e. The van der Waals surface area contributed by atoms with Crippen LogP contribution < -0.4 is 14.4 Å². The fraction of sp³-hybridized carbons (Fsp3) is 0.355. The van der Waals surface area contributed by atoms with Gasteiger partial charge in [-0.25, -0.2) is 4.98 Å². The Bertz CT molecular complexity index is 1510. The Morgan fingerprint density at radius 2 is 1.65 bits per heavy atom. The molecular weight excluding hydrogens is 522 g/mol. The number of methoxy groups -OCH3 is 2. The number of fused-ring (bicyclic) bond motifs is 1. The van der Waals surface area contributed by atoms with E-state index in [2.05, 4.69) is 54.2 Å². The lowest BCUT2D eigenvalue weighted by Crippen LogP contribution is -2.26. The minimum absolute atomic E-state index is 0.0990. The van der Waals surface area contributed by atoms with Gasteiger partial charge in [-0.15, -0.1) is 10.3 Å². The van der Waals surface area contributed by atoms with E-state index in [1.807, 2.05) is 36.4 Å². The molecule has 0 aliphatic rings. The van der Waals surface area contributed by atoms with Gasteiger partial charge in [0.25, 0.3) is 0 Å². The minimum atomic E-state index is -1.22. The Hall–Kier alpha value is -3.87. The predicted molar refractivity (Wildman–Crippen MR) is 164 cm³/mol. The van der Waals surface area contributed by atoms with E-state index in [4.69, 9.17) is 18.6 Å². The first kappa shape index (κ1) is 29.1. The molecule has 210 valence electrons. The smallest absolute Gasteiger partial charge is 0.124 e. The second-order valence-corrected chi connectivity index (χ2v) is 14.6. The van der Waals surface area contributed by atoms with Crippen molar-refractivity contribution in [2.75, 3.05) is 44.8 Å². The molecule has 0 aliphatic carbocycles. The molecule has 0 unspecified atom stereocenters. The standard InChI is InChI=1S/C31H37N5O3S/c1-31(2,3)40(6,7)39-14-8-13-36(24-15-25(37-4)18-26(16-24)38-5)23-9-10-28-29(17-23)35-30(21-34-28)27-11-12-33-20-22(27)19-32/h9-12,15-18,20-21H,8,13-14H2,1-7H3. The third kappa shape index (κ3) is 6.46. The topological polar surface area (TPSA) is 93.4 Å². The van der Waals surface area contributed by atoms with Crippen molar-refractivity contribution >= 4 is 32.7 Å². The Morgan fingerprint density at radius 3 is 2.30 bits per heavy atom. The van der Waals surface area contributed by atoms with E-state index in [0.717, 1.165) is 28.8 Å². The van der Waals surface area contributed by atoms with Crippen LogP contribution in [0.25, 0.3) is 22.3 Å². The summed E-state index contributed by atoms with van der Waals surface area (Å²) in [5.41, 5.74) is 5.16. The van der Waals surface area contributed by atoms with Gasteiger partial charge in [0.15, 0.2) is 0 Å². The number of benzene rings is 2. The summed E-state index contributed by atoms with van der Waals surface area (Å²) in [5, 5.41) is 9.54. The average molecular weight is 560 g/mol. The van der Waals surface area contributed by atoms with Gasteiger partial charge in [-0.2, -0.15) is 5.26 Å². The van der Waals surface area contributed by atoms with Crippen LogP contribution in [0.5, 0.6) is 11.5 Å². The number of rotatable bonds is 10. The SMILES string of the molecule is COc1cc(OC)cc(N(CCCOS(C)(C)C(C)(C)C)c2ccc3ncc(-c4ccncc4C#N)nc3c2)c1. The highest BCUT2D eigenvalue weighted by molar-refractivity contribution is 8.29. The van der Waals surface area contributed by atoms with E-state index in [-0.39, 0.29) is 4.75 Å². The van der Waals surface area contributed by atoms with Gasteiger partial charge in [-0.3, -0.25) is 9.97 Å². The normalized spacial score (nSPS) is 12.2. The third-order valence-corrected chi connectivity index (χ3v) is 10.8. The molecule has 2 aromatic heterocycles. The molecule has 0 radical (unpaired) electrons. The van der Waals surface area contributed by atoms with Crippen LogP contribution in [0.2, 0.25) is 0 Å². The van der Waals surface area contributed by atoms with Gasteiger partial charge < -0.3 is 18.6 Å². The van der Waals surface area contributed by atoms with Crippen LogP contribution in [0.15, 0.2) is 61.1 Å². The van der Waals surface area contributed by atoms with Crippen molar-refractivity contribution in [2.24, 2.45) is 0 Å². The van der Waals surface area contributed by atoms with Gasteiger partial charge in [0, 0.05) is 58.8 Å². The van der Waals surface area contributed by atoms with Crippen molar-refractivity contribution in [1.29, 1.82) is 5.26 Å². The van der Waals surface area contributed by atoms with Gasteiger partial charge in [0.2, 0.25) is 0 Å². The first-order chi connectivity index (χ1) is 19.1. The molecule has 40 heavy (non-hydrogen) atoms. The van der Waals surface area contributed by atoms with Gasteiger partial charge in [-0.05, 0) is 43.2 Å². The first-order valence-corrected chi connectivity index (χ1v) is 15.4. The van der Waals surface area contributed by atoms with Crippen LogP contribution in [0.4, 0.5) is 11.4 Å². The fourth-order valence-corrected chi connectivity index (χ4v) is 4.91. The Kier molecular flexibility index (Phi) is 8.82. The summed E-state index contributed by atoms with van der Waals surface area (Å²) in [5.74, 6) is 1.41. The van der Waals surface area contributed by atoms with Crippen LogP contribution >= 0.6 is 10.3 Å². The molecule has 0 saturated carbocycles.